The van der Waals surface area contributed by atoms with E-state index in [9.17, 15) is 4.79 Å². The van der Waals surface area contributed by atoms with Crippen LogP contribution in [0.1, 0.15) is 33.4 Å². The van der Waals surface area contributed by atoms with Crippen LogP contribution in [0.5, 0.6) is 0 Å². The van der Waals surface area contributed by atoms with Gasteiger partial charge in [-0.15, -0.1) is 11.3 Å². The molecular formula is C12H20N2O3S. The molecule has 0 saturated carbocycles. The predicted molar refractivity (Wildman–Crippen MR) is 72.4 cm³/mol. The monoisotopic (exact) mass is 272 g/mol. The van der Waals surface area contributed by atoms with Crippen LogP contribution < -0.4 is 5.32 Å². The van der Waals surface area contributed by atoms with Gasteiger partial charge in [-0.3, -0.25) is 4.79 Å². The van der Waals surface area contributed by atoms with Crippen LogP contribution in [-0.2, 0) is 14.9 Å². The summed E-state index contributed by atoms with van der Waals surface area (Å²) in [6, 6.07) is 0. The molecule has 1 heterocycles. The van der Waals surface area contributed by atoms with Gasteiger partial charge in [0.25, 0.3) is 0 Å². The Morgan fingerprint density at radius 1 is 1.67 bits per heavy atom. The van der Waals surface area contributed by atoms with Crippen molar-refractivity contribution in [3.8, 4) is 0 Å². The summed E-state index contributed by atoms with van der Waals surface area (Å²) in [5.41, 5.74) is -0.381. The number of carbonyl (C=O) groups is 1. The summed E-state index contributed by atoms with van der Waals surface area (Å²) in [4.78, 5) is 15.4. The highest BCUT2D eigenvalue weighted by molar-refractivity contribution is 7.13. The fraction of sp³-hybridized carbons (Fsp3) is 0.667. The Bertz CT molecular complexity index is 404. The molecule has 0 amide bonds. The Morgan fingerprint density at radius 3 is 2.89 bits per heavy atom. The molecule has 6 heteroatoms. The van der Waals surface area contributed by atoms with Gasteiger partial charge in [-0.1, -0.05) is 0 Å². The number of carboxylic acid groups (broad SMARTS) is 1. The minimum Gasteiger partial charge on any atom is -0.481 e. The molecule has 5 nitrogen and oxygen atoms in total. The number of aliphatic carboxylic acids is 1. The van der Waals surface area contributed by atoms with E-state index in [1.165, 1.54) is 11.3 Å². The van der Waals surface area contributed by atoms with Gasteiger partial charge in [-0.05, 0) is 27.7 Å². The summed E-state index contributed by atoms with van der Waals surface area (Å²) < 4.78 is 5.40. The largest absolute Gasteiger partial charge is 0.481 e. The van der Waals surface area contributed by atoms with Crippen molar-refractivity contribution in [3.05, 3.63) is 11.1 Å². The molecule has 0 aromatic carbocycles. The lowest BCUT2D eigenvalue weighted by Crippen LogP contribution is -2.29. The van der Waals surface area contributed by atoms with Crippen LogP contribution in [0, 0.1) is 0 Å². The number of carboxylic acids is 1. The van der Waals surface area contributed by atoms with Crippen molar-refractivity contribution >= 4 is 22.4 Å². The van der Waals surface area contributed by atoms with Crippen molar-refractivity contribution in [2.75, 3.05) is 18.5 Å². The molecular weight excluding hydrogens is 252 g/mol. The van der Waals surface area contributed by atoms with Gasteiger partial charge in [0.15, 0.2) is 5.13 Å². The topological polar surface area (TPSA) is 71.5 Å². The molecule has 0 spiro atoms. The third-order valence-electron chi connectivity index (χ3n) is 2.67. The zero-order valence-corrected chi connectivity index (χ0v) is 12.0. The Kier molecular flexibility index (Phi) is 5.10. The number of thiazole rings is 1. The van der Waals surface area contributed by atoms with E-state index in [0.717, 1.165) is 5.13 Å². The molecule has 0 saturated heterocycles. The van der Waals surface area contributed by atoms with Crippen LogP contribution in [0.4, 0.5) is 5.13 Å². The highest BCUT2D eigenvalue weighted by atomic mass is 32.1. The maximum Gasteiger partial charge on any atom is 0.315 e. The van der Waals surface area contributed by atoms with Crippen LogP contribution in [0.2, 0.25) is 0 Å². The van der Waals surface area contributed by atoms with E-state index in [2.05, 4.69) is 10.3 Å². The molecule has 18 heavy (non-hydrogen) atoms. The predicted octanol–water partition coefficient (Wildman–Crippen LogP) is 2.34. The Balaban J connectivity index is 2.61. The van der Waals surface area contributed by atoms with Gasteiger partial charge in [0.05, 0.1) is 11.8 Å². The first-order chi connectivity index (χ1) is 8.37. The number of rotatable bonds is 7. The Labute approximate surface area is 111 Å². The van der Waals surface area contributed by atoms with Gasteiger partial charge < -0.3 is 15.2 Å². The van der Waals surface area contributed by atoms with Gasteiger partial charge in [0.1, 0.15) is 5.41 Å². The van der Waals surface area contributed by atoms with Crippen LogP contribution in [0.15, 0.2) is 5.38 Å². The quantitative estimate of drug-likeness (QED) is 0.797. The molecule has 1 unspecified atom stereocenters. The lowest BCUT2D eigenvalue weighted by atomic mass is 9.90. The fourth-order valence-electron chi connectivity index (χ4n) is 1.33. The highest BCUT2D eigenvalue weighted by Crippen LogP contribution is 2.27. The van der Waals surface area contributed by atoms with Crippen molar-refractivity contribution in [3.63, 3.8) is 0 Å². The zero-order valence-electron chi connectivity index (χ0n) is 11.2. The molecule has 0 aliphatic rings. The van der Waals surface area contributed by atoms with Crippen LogP contribution >= 0.6 is 11.3 Å². The number of ether oxygens (including phenoxy) is 1. The number of aromatic nitrogens is 1. The minimum atomic E-state index is -0.956. The molecule has 1 atom stereocenters. The number of anilines is 1. The maximum absolute atomic E-state index is 11.1. The van der Waals surface area contributed by atoms with Crippen molar-refractivity contribution in [2.24, 2.45) is 0 Å². The zero-order chi connectivity index (χ0) is 13.8. The van der Waals surface area contributed by atoms with E-state index in [1.54, 1.807) is 19.2 Å². The first-order valence-electron chi connectivity index (χ1n) is 5.92. The lowest BCUT2D eigenvalue weighted by Gasteiger charge is -2.16. The van der Waals surface area contributed by atoms with E-state index in [0.29, 0.717) is 18.8 Å². The summed E-state index contributed by atoms with van der Waals surface area (Å²) in [6.07, 6.45) is 0.106. The second-order valence-corrected chi connectivity index (χ2v) is 5.47. The molecule has 0 aliphatic carbocycles. The van der Waals surface area contributed by atoms with Crippen molar-refractivity contribution in [1.29, 1.82) is 0 Å². The molecule has 1 rings (SSSR count). The van der Waals surface area contributed by atoms with Gasteiger partial charge in [0, 0.05) is 18.5 Å². The SMILES string of the molecule is CCOC(C)CNc1nc(C(C)(C)C(=O)O)cs1. The number of hydrogen-bond acceptors (Lipinski definition) is 5. The average molecular weight is 272 g/mol. The summed E-state index contributed by atoms with van der Waals surface area (Å²) in [5, 5.41) is 14.8. The van der Waals surface area contributed by atoms with Crippen LogP contribution in [0.3, 0.4) is 0 Å². The summed E-state index contributed by atoms with van der Waals surface area (Å²) >= 11 is 1.41. The maximum atomic E-state index is 11.1. The van der Waals surface area contributed by atoms with Crippen molar-refractivity contribution < 1.29 is 14.6 Å². The number of nitrogens with one attached hydrogen (secondary N) is 1. The molecule has 102 valence electrons. The summed E-state index contributed by atoms with van der Waals surface area (Å²) in [7, 11) is 0. The normalized spacial score (nSPS) is 13.3. The molecule has 0 radical (unpaired) electrons. The number of hydrogen-bond donors (Lipinski definition) is 2. The van der Waals surface area contributed by atoms with Crippen LogP contribution in [0.25, 0.3) is 0 Å². The first kappa shape index (κ1) is 14.9. The Hall–Kier alpha value is -1.14. The molecule has 0 fully saturated rings. The smallest absolute Gasteiger partial charge is 0.315 e. The molecule has 0 aliphatic heterocycles. The van der Waals surface area contributed by atoms with E-state index in [4.69, 9.17) is 9.84 Å². The van der Waals surface area contributed by atoms with E-state index in [1.807, 2.05) is 13.8 Å². The van der Waals surface area contributed by atoms with Gasteiger partial charge in [0.2, 0.25) is 0 Å². The average Bonchev–Trinajstić information content (AvgIpc) is 2.75. The standard InChI is InChI=1S/C12H20N2O3S/c1-5-17-8(2)6-13-11-14-9(7-18-11)12(3,4)10(15)16/h7-8H,5-6H2,1-4H3,(H,13,14)(H,15,16). The molecule has 1 aromatic heterocycles. The van der Waals surface area contributed by atoms with Gasteiger partial charge >= 0.3 is 5.97 Å². The Morgan fingerprint density at radius 2 is 2.33 bits per heavy atom. The fourth-order valence-corrected chi connectivity index (χ4v) is 2.21. The second-order valence-electron chi connectivity index (χ2n) is 4.61. The number of nitrogens with zero attached hydrogens (tertiary/aromatic N) is 1. The van der Waals surface area contributed by atoms with Crippen molar-refractivity contribution in [2.45, 2.75) is 39.2 Å². The summed E-state index contributed by atoms with van der Waals surface area (Å²) in [5.74, 6) is -0.873. The second kappa shape index (κ2) is 6.15. The lowest BCUT2D eigenvalue weighted by molar-refractivity contribution is -0.142. The molecule has 1 aromatic rings. The highest BCUT2D eigenvalue weighted by Gasteiger charge is 2.32. The minimum absolute atomic E-state index is 0.106. The third kappa shape index (κ3) is 3.68. The molecule has 2 N–H and O–H groups in total. The van der Waals surface area contributed by atoms with E-state index < -0.39 is 11.4 Å². The van der Waals surface area contributed by atoms with Gasteiger partial charge in [-0.25, -0.2) is 4.98 Å². The first-order valence-corrected chi connectivity index (χ1v) is 6.80. The van der Waals surface area contributed by atoms with Crippen LogP contribution in [-0.4, -0.2) is 35.3 Å². The third-order valence-corrected chi connectivity index (χ3v) is 3.47. The van der Waals surface area contributed by atoms with E-state index in [-0.39, 0.29) is 6.10 Å². The summed E-state index contributed by atoms with van der Waals surface area (Å²) in [6.45, 7) is 8.57. The van der Waals surface area contributed by atoms with Gasteiger partial charge in [-0.2, -0.15) is 0 Å². The molecule has 0 bridgehead atoms. The van der Waals surface area contributed by atoms with E-state index >= 15 is 0 Å². The van der Waals surface area contributed by atoms with Crippen molar-refractivity contribution in [1.82, 2.24) is 4.98 Å².